The van der Waals surface area contributed by atoms with Crippen molar-refractivity contribution in [1.82, 2.24) is 4.98 Å². The van der Waals surface area contributed by atoms with E-state index in [0.717, 1.165) is 36.1 Å². The van der Waals surface area contributed by atoms with E-state index in [0.29, 0.717) is 11.7 Å². The largest absolute Gasteiger partial charge is 0.369 e. The number of fused-ring (bicyclic) bond motifs is 1. The number of primary amides is 1. The highest BCUT2D eigenvalue weighted by Gasteiger charge is 2.27. The van der Waals surface area contributed by atoms with Gasteiger partial charge in [0.2, 0.25) is 5.91 Å². The Hall–Kier alpha value is -1.99. The second-order valence-electron chi connectivity index (χ2n) is 5.64. The first-order valence-corrected chi connectivity index (χ1v) is 8.22. The van der Waals surface area contributed by atoms with Crippen LogP contribution in [0.2, 0.25) is 0 Å². The van der Waals surface area contributed by atoms with Gasteiger partial charge >= 0.3 is 0 Å². The summed E-state index contributed by atoms with van der Waals surface area (Å²) in [4.78, 5) is 28.8. The zero-order chi connectivity index (χ0) is 15.5. The molecule has 1 aromatic heterocycles. The lowest BCUT2D eigenvalue weighted by molar-refractivity contribution is -0.897. The lowest BCUT2D eigenvalue weighted by Crippen LogP contribution is -3.14. The fourth-order valence-corrected chi connectivity index (χ4v) is 3.69. The lowest BCUT2D eigenvalue weighted by atomic mass is 9.96. The highest BCUT2D eigenvalue weighted by atomic mass is 32.1. The first kappa shape index (κ1) is 14.9. The molecule has 1 fully saturated rings. The number of rotatable bonds is 4. The predicted molar refractivity (Wildman–Crippen MR) is 85.7 cm³/mol. The molecule has 0 aliphatic carbocycles. The Labute approximate surface area is 132 Å². The molecule has 2 aromatic rings. The fraction of sp³-hybridized carbons (Fsp3) is 0.400. The quantitative estimate of drug-likeness (QED) is 0.742. The molecule has 2 heterocycles. The Morgan fingerprint density at radius 3 is 2.73 bits per heavy atom. The number of para-hydroxylation sites is 1. The van der Waals surface area contributed by atoms with E-state index in [1.54, 1.807) is 0 Å². The maximum absolute atomic E-state index is 12.1. The average Bonchev–Trinajstić information content (AvgIpc) is 2.89. The summed E-state index contributed by atoms with van der Waals surface area (Å²) in [6, 6.07) is 7.81. The molecule has 2 amide bonds. The Morgan fingerprint density at radius 1 is 1.32 bits per heavy atom. The number of hydrogen-bond donors (Lipinski definition) is 3. The third-order valence-corrected chi connectivity index (χ3v) is 5.00. The minimum absolute atomic E-state index is 0.0314. The molecule has 4 N–H and O–H groups in total. The Kier molecular flexibility index (Phi) is 4.35. The van der Waals surface area contributed by atoms with Gasteiger partial charge < -0.3 is 10.6 Å². The van der Waals surface area contributed by atoms with Crippen molar-refractivity contribution in [3.8, 4) is 0 Å². The van der Waals surface area contributed by atoms with Crippen molar-refractivity contribution in [2.75, 3.05) is 25.0 Å². The van der Waals surface area contributed by atoms with Crippen LogP contribution in [-0.4, -0.2) is 36.4 Å². The summed E-state index contributed by atoms with van der Waals surface area (Å²) in [7, 11) is 0. The second kappa shape index (κ2) is 6.41. The Bertz CT molecular complexity index is 659. The van der Waals surface area contributed by atoms with E-state index in [-0.39, 0.29) is 17.7 Å². The van der Waals surface area contributed by atoms with Gasteiger partial charge in [0.15, 0.2) is 11.7 Å². The van der Waals surface area contributed by atoms with Crippen LogP contribution in [0.4, 0.5) is 5.13 Å². The number of quaternary nitrogens is 1. The maximum Gasteiger partial charge on any atom is 0.281 e. The van der Waals surface area contributed by atoms with Crippen molar-refractivity contribution in [1.29, 1.82) is 0 Å². The normalized spacial score (nSPS) is 21.6. The monoisotopic (exact) mass is 319 g/mol. The lowest BCUT2D eigenvalue weighted by Gasteiger charge is -2.26. The number of amides is 2. The number of anilines is 1. The number of carbonyl (C=O) groups is 2. The molecule has 0 bridgehead atoms. The van der Waals surface area contributed by atoms with Crippen LogP contribution in [0.1, 0.15) is 12.8 Å². The molecule has 0 atom stereocenters. The molecule has 1 aromatic carbocycles. The number of piperidine rings is 1. The number of thiazole rings is 1. The first-order chi connectivity index (χ1) is 10.6. The molecule has 0 saturated carbocycles. The third kappa shape index (κ3) is 3.42. The number of hydrogen-bond acceptors (Lipinski definition) is 4. The number of nitrogens with zero attached hydrogens (tertiary/aromatic N) is 1. The molecule has 0 radical (unpaired) electrons. The van der Waals surface area contributed by atoms with Gasteiger partial charge in [0.05, 0.1) is 23.3 Å². The van der Waals surface area contributed by atoms with E-state index >= 15 is 0 Å². The smallest absolute Gasteiger partial charge is 0.281 e. The molecule has 1 aliphatic rings. The predicted octanol–water partition coefficient (Wildman–Crippen LogP) is 0.0150. The molecule has 6 nitrogen and oxygen atoms in total. The van der Waals surface area contributed by atoms with Crippen molar-refractivity contribution in [3.05, 3.63) is 24.3 Å². The summed E-state index contributed by atoms with van der Waals surface area (Å²) in [5.74, 6) is -0.291. The number of nitrogens with one attached hydrogen (secondary N) is 2. The van der Waals surface area contributed by atoms with E-state index in [2.05, 4.69) is 10.3 Å². The third-order valence-electron chi connectivity index (χ3n) is 4.05. The topological polar surface area (TPSA) is 89.5 Å². The first-order valence-electron chi connectivity index (χ1n) is 7.40. The van der Waals surface area contributed by atoms with Crippen LogP contribution < -0.4 is 16.0 Å². The maximum atomic E-state index is 12.1. The number of nitrogens with two attached hydrogens (primary N) is 1. The molecule has 0 unspecified atom stereocenters. The van der Waals surface area contributed by atoms with Gasteiger partial charge in [-0.05, 0) is 12.1 Å². The molecule has 1 saturated heterocycles. The summed E-state index contributed by atoms with van der Waals surface area (Å²) < 4.78 is 1.06. The van der Waals surface area contributed by atoms with Crippen molar-refractivity contribution in [3.63, 3.8) is 0 Å². The number of aromatic nitrogens is 1. The number of benzene rings is 1. The van der Waals surface area contributed by atoms with Crippen LogP contribution in [0.25, 0.3) is 10.2 Å². The second-order valence-corrected chi connectivity index (χ2v) is 6.67. The van der Waals surface area contributed by atoms with Crippen LogP contribution in [0, 0.1) is 5.92 Å². The minimum Gasteiger partial charge on any atom is -0.369 e. The van der Waals surface area contributed by atoms with Crippen molar-refractivity contribution in [2.24, 2.45) is 11.7 Å². The number of likely N-dealkylation sites (tertiary alicyclic amines) is 1. The van der Waals surface area contributed by atoms with Gasteiger partial charge in [-0.25, -0.2) is 4.98 Å². The summed E-state index contributed by atoms with van der Waals surface area (Å²) >= 11 is 1.48. The summed E-state index contributed by atoms with van der Waals surface area (Å²) in [6.45, 7) is 2.02. The molecule has 7 heteroatoms. The van der Waals surface area contributed by atoms with E-state index in [4.69, 9.17) is 5.73 Å². The Morgan fingerprint density at radius 2 is 2.05 bits per heavy atom. The van der Waals surface area contributed by atoms with Gasteiger partial charge in [0, 0.05) is 18.8 Å². The van der Waals surface area contributed by atoms with Crippen molar-refractivity contribution >= 4 is 38.5 Å². The van der Waals surface area contributed by atoms with Gasteiger partial charge in [-0.15, -0.1) is 0 Å². The molecule has 116 valence electrons. The SMILES string of the molecule is NC(=O)C1CC[NH+](CC(=O)Nc2nc3ccccc3s2)CC1. The van der Waals surface area contributed by atoms with E-state index in [9.17, 15) is 9.59 Å². The summed E-state index contributed by atoms with van der Waals surface area (Å²) in [5.41, 5.74) is 6.22. The van der Waals surface area contributed by atoms with Gasteiger partial charge in [-0.1, -0.05) is 23.5 Å². The van der Waals surface area contributed by atoms with Gasteiger partial charge in [0.25, 0.3) is 5.91 Å². The highest BCUT2D eigenvalue weighted by molar-refractivity contribution is 7.22. The van der Waals surface area contributed by atoms with Crippen LogP contribution in [0.3, 0.4) is 0 Å². The van der Waals surface area contributed by atoms with Crippen LogP contribution in [-0.2, 0) is 9.59 Å². The van der Waals surface area contributed by atoms with E-state index < -0.39 is 0 Å². The minimum atomic E-state index is -0.224. The molecule has 22 heavy (non-hydrogen) atoms. The Balaban J connectivity index is 1.53. The van der Waals surface area contributed by atoms with Crippen molar-refractivity contribution in [2.45, 2.75) is 12.8 Å². The molecule has 1 aliphatic heterocycles. The van der Waals surface area contributed by atoms with Gasteiger partial charge in [0.1, 0.15) is 0 Å². The molecular formula is C15H19N4O2S+. The molecule has 3 rings (SSSR count). The van der Waals surface area contributed by atoms with Crippen LogP contribution >= 0.6 is 11.3 Å². The van der Waals surface area contributed by atoms with E-state index in [1.807, 2.05) is 24.3 Å². The fourth-order valence-electron chi connectivity index (χ4n) is 2.80. The average molecular weight is 319 g/mol. The highest BCUT2D eigenvalue weighted by Crippen LogP contribution is 2.25. The summed E-state index contributed by atoms with van der Waals surface area (Å²) in [6.07, 6.45) is 1.53. The van der Waals surface area contributed by atoms with E-state index in [1.165, 1.54) is 16.2 Å². The zero-order valence-corrected chi connectivity index (χ0v) is 13.0. The van der Waals surface area contributed by atoms with Crippen LogP contribution in [0.5, 0.6) is 0 Å². The number of carbonyl (C=O) groups excluding carboxylic acids is 2. The standard InChI is InChI=1S/C15H18N4O2S/c16-14(21)10-5-7-19(8-6-10)9-13(20)18-15-17-11-3-1-2-4-12(11)22-15/h1-4,10H,5-9H2,(H2,16,21)(H,17,18,20)/p+1. The van der Waals surface area contributed by atoms with Crippen LogP contribution in [0.15, 0.2) is 24.3 Å². The van der Waals surface area contributed by atoms with Gasteiger partial charge in [-0.3, -0.25) is 14.9 Å². The summed E-state index contributed by atoms with van der Waals surface area (Å²) in [5, 5.41) is 3.51. The molecular weight excluding hydrogens is 300 g/mol. The zero-order valence-electron chi connectivity index (χ0n) is 12.2. The van der Waals surface area contributed by atoms with Crippen molar-refractivity contribution < 1.29 is 14.5 Å². The van der Waals surface area contributed by atoms with Gasteiger partial charge in [-0.2, -0.15) is 0 Å². The molecule has 0 spiro atoms.